The van der Waals surface area contributed by atoms with E-state index in [0.717, 1.165) is 56.2 Å². The van der Waals surface area contributed by atoms with E-state index < -0.39 is 9.84 Å². The Kier molecular flexibility index (Phi) is 7.73. The third-order valence-corrected chi connectivity index (χ3v) is 7.09. The first kappa shape index (κ1) is 23.3. The molecule has 0 aromatic heterocycles. The van der Waals surface area contributed by atoms with Gasteiger partial charge in [-0.05, 0) is 49.4 Å². The number of aryl methyl sites for hydroxylation is 1. The third kappa shape index (κ3) is 6.08. The molecule has 1 fully saturated rings. The van der Waals surface area contributed by atoms with Crippen LogP contribution in [0.1, 0.15) is 36.5 Å². The Morgan fingerprint density at radius 3 is 2.42 bits per heavy atom. The van der Waals surface area contributed by atoms with Crippen LogP contribution in [0.3, 0.4) is 0 Å². The average Bonchev–Trinajstić information content (AvgIpc) is 2.76. The van der Waals surface area contributed by atoms with Gasteiger partial charge in [0.15, 0.2) is 15.8 Å². The maximum atomic E-state index is 11.8. The van der Waals surface area contributed by atoms with Crippen LogP contribution >= 0.6 is 0 Å². The van der Waals surface area contributed by atoms with Crippen LogP contribution in [-0.2, 0) is 26.5 Å². The van der Waals surface area contributed by atoms with Crippen molar-refractivity contribution in [3.63, 3.8) is 0 Å². The van der Waals surface area contributed by atoms with Gasteiger partial charge in [0.1, 0.15) is 0 Å². The Bertz CT molecular complexity index is 998. The van der Waals surface area contributed by atoms with E-state index in [1.54, 1.807) is 6.07 Å². The average molecular weight is 444 g/mol. The molecule has 0 amide bonds. The van der Waals surface area contributed by atoms with E-state index in [9.17, 15) is 8.42 Å². The molecule has 0 spiro atoms. The smallest absolute Gasteiger partial charge is 0.191 e. The Morgan fingerprint density at radius 2 is 1.81 bits per heavy atom. The van der Waals surface area contributed by atoms with Crippen molar-refractivity contribution in [2.24, 2.45) is 4.99 Å². The van der Waals surface area contributed by atoms with Gasteiger partial charge in [-0.2, -0.15) is 0 Å². The van der Waals surface area contributed by atoms with Crippen LogP contribution in [0.15, 0.2) is 58.4 Å². The lowest BCUT2D eigenvalue weighted by Gasteiger charge is -2.38. The largest absolute Gasteiger partial charge is 0.381 e. The second-order valence-corrected chi connectivity index (χ2v) is 10.2. The Morgan fingerprint density at radius 1 is 1.10 bits per heavy atom. The summed E-state index contributed by atoms with van der Waals surface area (Å²) in [5.41, 5.74) is 3.07. The first-order valence-corrected chi connectivity index (χ1v) is 12.7. The van der Waals surface area contributed by atoms with E-state index in [1.807, 2.05) is 32.0 Å². The second kappa shape index (κ2) is 10.3. The fraction of sp³-hybridized carbons (Fsp3) is 0.458. The number of hydrogen-bond donors (Lipinski definition) is 2. The topological polar surface area (TPSA) is 79.8 Å². The summed E-state index contributed by atoms with van der Waals surface area (Å²) in [6.45, 7) is 7.40. The van der Waals surface area contributed by atoms with Gasteiger partial charge in [-0.3, -0.25) is 0 Å². The number of ether oxygens (including phenoxy) is 1. The number of aliphatic imine (C=N–C) groups is 1. The summed E-state index contributed by atoms with van der Waals surface area (Å²) in [4.78, 5) is 5.11. The Hall–Kier alpha value is -2.38. The highest BCUT2D eigenvalue weighted by Crippen LogP contribution is 2.34. The molecule has 168 valence electrons. The van der Waals surface area contributed by atoms with Gasteiger partial charge in [-0.1, -0.05) is 42.5 Å². The van der Waals surface area contributed by atoms with Gasteiger partial charge in [-0.25, -0.2) is 13.4 Å². The fourth-order valence-electron chi connectivity index (χ4n) is 4.11. The zero-order valence-corrected chi connectivity index (χ0v) is 19.5. The third-order valence-electron chi connectivity index (χ3n) is 5.83. The summed E-state index contributed by atoms with van der Waals surface area (Å²) in [5.74, 6) is 0.758. The van der Waals surface area contributed by atoms with Gasteiger partial charge in [0.25, 0.3) is 0 Å². The highest BCUT2D eigenvalue weighted by Gasteiger charge is 2.34. The van der Waals surface area contributed by atoms with Crippen LogP contribution in [0, 0.1) is 6.92 Å². The molecule has 1 aliphatic heterocycles. The van der Waals surface area contributed by atoms with E-state index in [-0.39, 0.29) is 5.41 Å². The predicted molar refractivity (Wildman–Crippen MR) is 125 cm³/mol. The molecule has 1 saturated heterocycles. The molecule has 2 aromatic rings. The quantitative estimate of drug-likeness (QED) is 0.507. The Balaban J connectivity index is 1.74. The lowest BCUT2D eigenvalue weighted by Crippen LogP contribution is -2.48. The van der Waals surface area contributed by atoms with Crippen molar-refractivity contribution < 1.29 is 13.2 Å². The molecule has 3 rings (SSSR count). The number of nitrogens with one attached hydrogen (secondary N) is 2. The monoisotopic (exact) mass is 443 g/mol. The van der Waals surface area contributed by atoms with Crippen molar-refractivity contribution in [2.45, 2.75) is 43.5 Å². The van der Waals surface area contributed by atoms with E-state index in [2.05, 4.69) is 34.9 Å². The molecule has 1 aliphatic rings. The second-order valence-electron chi connectivity index (χ2n) is 8.18. The maximum absolute atomic E-state index is 11.8. The first-order valence-electron chi connectivity index (χ1n) is 10.8. The molecule has 2 aromatic carbocycles. The molecular weight excluding hydrogens is 410 g/mol. The van der Waals surface area contributed by atoms with Crippen LogP contribution in [0.25, 0.3) is 0 Å². The standard InChI is InChI=1S/C24H33N3O3S/c1-4-25-23(26-17-20-10-11-22(19(2)16-20)31(3,28)29)27-18-24(12-14-30-15-13-24)21-8-6-5-7-9-21/h5-11,16H,4,12-15,17-18H2,1-3H3,(H2,25,26,27). The van der Waals surface area contributed by atoms with Crippen LogP contribution < -0.4 is 10.6 Å². The zero-order chi connectivity index (χ0) is 22.3. The van der Waals surface area contributed by atoms with Gasteiger partial charge < -0.3 is 15.4 Å². The summed E-state index contributed by atoms with van der Waals surface area (Å²) < 4.78 is 29.3. The number of sulfone groups is 1. The lowest BCUT2D eigenvalue weighted by molar-refractivity contribution is 0.0514. The molecule has 0 atom stereocenters. The summed E-state index contributed by atoms with van der Waals surface area (Å²) in [6, 6.07) is 16.0. The van der Waals surface area contributed by atoms with Gasteiger partial charge >= 0.3 is 0 Å². The molecule has 6 nitrogen and oxygen atoms in total. The lowest BCUT2D eigenvalue weighted by atomic mass is 9.74. The molecule has 31 heavy (non-hydrogen) atoms. The predicted octanol–water partition coefficient (Wildman–Crippen LogP) is 3.20. The number of benzene rings is 2. The minimum absolute atomic E-state index is 0.0173. The minimum atomic E-state index is -3.22. The zero-order valence-electron chi connectivity index (χ0n) is 18.6. The minimum Gasteiger partial charge on any atom is -0.381 e. The highest BCUT2D eigenvalue weighted by atomic mass is 32.2. The van der Waals surface area contributed by atoms with E-state index in [1.165, 1.54) is 11.8 Å². The van der Waals surface area contributed by atoms with Crippen molar-refractivity contribution in [2.75, 3.05) is 32.6 Å². The van der Waals surface area contributed by atoms with Crippen LogP contribution in [0.2, 0.25) is 0 Å². The van der Waals surface area contributed by atoms with E-state index in [4.69, 9.17) is 9.73 Å². The van der Waals surface area contributed by atoms with Gasteiger partial charge in [0.2, 0.25) is 0 Å². The summed E-state index contributed by atoms with van der Waals surface area (Å²) in [7, 11) is -3.22. The number of guanidine groups is 1. The maximum Gasteiger partial charge on any atom is 0.191 e. The molecule has 2 N–H and O–H groups in total. The summed E-state index contributed by atoms with van der Waals surface area (Å²) in [5, 5.41) is 6.86. The van der Waals surface area contributed by atoms with Gasteiger partial charge in [-0.15, -0.1) is 0 Å². The number of hydrogen-bond acceptors (Lipinski definition) is 4. The van der Waals surface area contributed by atoms with E-state index in [0.29, 0.717) is 11.4 Å². The molecular formula is C24H33N3O3S. The summed E-state index contributed by atoms with van der Waals surface area (Å²) >= 11 is 0. The molecule has 7 heteroatoms. The first-order chi connectivity index (χ1) is 14.8. The van der Waals surface area contributed by atoms with Crippen molar-refractivity contribution in [1.29, 1.82) is 0 Å². The molecule has 0 unspecified atom stereocenters. The van der Waals surface area contributed by atoms with Crippen LogP contribution in [0.5, 0.6) is 0 Å². The van der Waals surface area contributed by atoms with E-state index >= 15 is 0 Å². The summed E-state index contributed by atoms with van der Waals surface area (Å²) in [6.07, 6.45) is 3.17. The number of nitrogens with zero attached hydrogens (tertiary/aromatic N) is 1. The number of rotatable bonds is 7. The van der Waals surface area contributed by atoms with Crippen LogP contribution in [0.4, 0.5) is 0 Å². The van der Waals surface area contributed by atoms with Gasteiger partial charge in [0.05, 0.1) is 11.4 Å². The Labute approximate surface area is 186 Å². The fourth-order valence-corrected chi connectivity index (χ4v) is 5.07. The highest BCUT2D eigenvalue weighted by molar-refractivity contribution is 7.90. The molecule has 0 radical (unpaired) electrons. The van der Waals surface area contributed by atoms with Crippen molar-refractivity contribution in [3.8, 4) is 0 Å². The van der Waals surface area contributed by atoms with Crippen molar-refractivity contribution in [3.05, 3.63) is 65.2 Å². The van der Waals surface area contributed by atoms with Crippen molar-refractivity contribution in [1.82, 2.24) is 10.6 Å². The van der Waals surface area contributed by atoms with Gasteiger partial charge in [0, 0.05) is 38.0 Å². The normalized spacial score (nSPS) is 16.7. The molecule has 1 heterocycles. The molecule has 0 bridgehead atoms. The molecule has 0 aliphatic carbocycles. The van der Waals surface area contributed by atoms with Crippen LogP contribution in [-0.4, -0.2) is 46.9 Å². The SMILES string of the molecule is CCNC(=NCc1ccc(S(C)(=O)=O)c(C)c1)NCC1(c2ccccc2)CCOCC1. The van der Waals surface area contributed by atoms with Crippen molar-refractivity contribution >= 4 is 15.8 Å². The molecule has 0 saturated carbocycles.